The molecule has 2 aromatic carbocycles. The molecule has 32 heavy (non-hydrogen) atoms. The Bertz CT molecular complexity index is 950. The fourth-order valence-corrected chi connectivity index (χ4v) is 3.86. The van der Waals surface area contributed by atoms with Gasteiger partial charge in [-0.2, -0.15) is 0 Å². The van der Waals surface area contributed by atoms with Crippen molar-refractivity contribution in [3.05, 3.63) is 59.4 Å². The Hall–Kier alpha value is -3.13. The molecule has 1 aliphatic rings. The van der Waals surface area contributed by atoms with Crippen LogP contribution in [0.5, 0.6) is 11.5 Å². The Morgan fingerprint density at radius 1 is 1.03 bits per heavy atom. The van der Waals surface area contributed by atoms with Gasteiger partial charge in [-0.1, -0.05) is 12.1 Å². The molecule has 1 heterocycles. The highest BCUT2D eigenvalue weighted by atomic mass is 19.1. The maximum Gasteiger partial charge on any atom is 0.341 e. The van der Waals surface area contributed by atoms with Crippen molar-refractivity contribution in [2.24, 2.45) is 0 Å². The Kier molecular flexibility index (Phi) is 7.69. The molecular weight excluding hydrogens is 415 g/mol. The topological polar surface area (TPSA) is 68.3 Å². The molecule has 0 aliphatic carbocycles. The van der Waals surface area contributed by atoms with Crippen molar-refractivity contribution in [1.82, 2.24) is 9.80 Å². The van der Waals surface area contributed by atoms with E-state index in [2.05, 4.69) is 11.8 Å². The first-order valence-corrected chi connectivity index (χ1v) is 10.5. The molecule has 0 unspecified atom stereocenters. The number of benzene rings is 2. The van der Waals surface area contributed by atoms with Crippen LogP contribution in [0.25, 0.3) is 0 Å². The second-order valence-electron chi connectivity index (χ2n) is 7.94. The lowest BCUT2D eigenvalue weighted by Crippen LogP contribution is -2.58. The lowest BCUT2D eigenvalue weighted by Gasteiger charge is -2.44. The quantitative estimate of drug-likeness (QED) is 0.612. The second-order valence-corrected chi connectivity index (χ2v) is 7.94. The number of ether oxygens (including phenoxy) is 3. The number of hydrogen-bond acceptors (Lipinski definition) is 6. The third-order valence-corrected chi connectivity index (χ3v) is 5.67. The second kappa shape index (κ2) is 10.5. The van der Waals surface area contributed by atoms with Crippen LogP contribution in [0.1, 0.15) is 29.8 Å². The molecule has 1 saturated heterocycles. The zero-order valence-corrected chi connectivity index (χ0v) is 18.8. The summed E-state index contributed by atoms with van der Waals surface area (Å²) >= 11 is 0. The number of piperazine rings is 1. The molecule has 1 fully saturated rings. The monoisotopic (exact) mass is 444 g/mol. The van der Waals surface area contributed by atoms with Gasteiger partial charge in [-0.3, -0.25) is 9.69 Å². The Balaban J connectivity index is 1.58. The molecule has 0 spiro atoms. The van der Waals surface area contributed by atoms with Gasteiger partial charge in [-0.05, 0) is 43.7 Å². The van der Waals surface area contributed by atoms with Crippen molar-refractivity contribution < 1.29 is 28.2 Å². The van der Waals surface area contributed by atoms with Crippen molar-refractivity contribution in [3.63, 3.8) is 0 Å². The number of amides is 1. The van der Waals surface area contributed by atoms with Crippen LogP contribution in [0.3, 0.4) is 0 Å². The maximum atomic E-state index is 13.2. The van der Waals surface area contributed by atoms with E-state index in [1.165, 1.54) is 26.4 Å². The minimum atomic E-state index is -0.509. The lowest BCUT2D eigenvalue weighted by atomic mass is 10.1. The van der Waals surface area contributed by atoms with E-state index < -0.39 is 5.97 Å². The van der Waals surface area contributed by atoms with Gasteiger partial charge in [0, 0.05) is 37.8 Å². The fraction of sp³-hybridized carbons (Fsp3) is 0.417. The van der Waals surface area contributed by atoms with Crippen molar-refractivity contribution >= 4 is 11.9 Å². The van der Waals surface area contributed by atoms with Crippen LogP contribution in [0, 0.1) is 5.82 Å². The third-order valence-electron chi connectivity index (χ3n) is 5.67. The summed E-state index contributed by atoms with van der Waals surface area (Å²) < 4.78 is 28.8. The summed E-state index contributed by atoms with van der Waals surface area (Å²) in [6, 6.07) is 11.4. The van der Waals surface area contributed by atoms with Crippen LogP contribution in [0.4, 0.5) is 4.39 Å². The van der Waals surface area contributed by atoms with Gasteiger partial charge in [0.05, 0.1) is 14.2 Å². The summed E-state index contributed by atoms with van der Waals surface area (Å²) in [6.45, 7) is 5.97. The van der Waals surface area contributed by atoms with Crippen LogP contribution in [-0.2, 0) is 16.1 Å². The number of nitrogens with zero attached hydrogens (tertiary/aromatic N) is 2. The molecule has 0 saturated carbocycles. The fourth-order valence-electron chi connectivity index (χ4n) is 3.86. The predicted octanol–water partition coefficient (Wildman–Crippen LogP) is 3.12. The standard InChI is InChI=1S/C24H29FN2O5/c1-16-13-27(17(2)12-26(16)14-18-5-7-19(25)8-6-18)23(28)15-32-20-9-10-21(24(29)31-4)22(11-20)30-3/h5-11,16-17H,12-15H2,1-4H3/t16-,17+/m0/s1. The molecule has 1 aliphatic heterocycles. The van der Waals surface area contributed by atoms with Crippen molar-refractivity contribution in [3.8, 4) is 11.5 Å². The molecule has 2 aromatic rings. The first-order chi connectivity index (χ1) is 15.3. The smallest absolute Gasteiger partial charge is 0.341 e. The molecule has 0 bridgehead atoms. The largest absolute Gasteiger partial charge is 0.496 e. The first-order valence-electron chi connectivity index (χ1n) is 10.5. The van der Waals surface area contributed by atoms with Crippen LogP contribution in [-0.4, -0.2) is 67.7 Å². The van der Waals surface area contributed by atoms with Gasteiger partial charge in [-0.25, -0.2) is 9.18 Å². The van der Waals surface area contributed by atoms with E-state index in [9.17, 15) is 14.0 Å². The minimum absolute atomic E-state index is 0.0129. The zero-order chi connectivity index (χ0) is 23.3. The number of methoxy groups -OCH3 is 2. The van der Waals surface area contributed by atoms with E-state index in [-0.39, 0.29) is 36.0 Å². The summed E-state index contributed by atoms with van der Waals surface area (Å²) in [7, 11) is 2.75. The highest BCUT2D eigenvalue weighted by molar-refractivity contribution is 5.92. The van der Waals surface area contributed by atoms with Crippen molar-refractivity contribution in [2.45, 2.75) is 32.5 Å². The number of halogens is 1. The molecule has 0 radical (unpaired) electrons. The highest BCUT2D eigenvalue weighted by Crippen LogP contribution is 2.26. The molecule has 8 heteroatoms. The first kappa shape index (κ1) is 23.5. The summed E-state index contributed by atoms with van der Waals surface area (Å²) in [6.07, 6.45) is 0. The molecule has 3 rings (SSSR count). The third kappa shape index (κ3) is 5.56. The van der Waals surface area contributed by atoms with Gasteiger partial charge in [-0.15, -0.1) is 0 Å². The van der Waals surface area contributed by atoms with E-state index in [1.807, 2.05) is 11.8 Å². The average molecular weight is 445 g/mol. The molecule has 2 atom stereocenters. The van der Waals surface area contributed by atoms with Gasteiger partial charge in [0.2, 0.25) is 0 Å². The Morgan fingerprint density at radius 2 is 1.75 bits per heavy atom. The van der Waals surface area contributed by atoms with Crippen molar-refractivity contribution in [2.75, 3.05) is 33.9 Å². The summed E-state index contributed by atoms with van der Waals surface area (Å²) in [5.41, 5.74) is 1.33. The average Bonchev–Trinajstić information content (AvgIpc) is 2.80. The molecule has 1 amide bonds. The van der Waals surface area contributed by atoms with E-state index >= 15 is 0 Å². The van der Waals surface area contributed by atoms with Crippen LogP contribution in [0.2, 0.25) is 0 Å². The van der Waals surface area contributed by atoms with Gasteiger partial charge in [0.25, 0.3) is 5.91 Å². The normalized spacial score (nSPS) is 18.8. The van der Waals surface area contributed by atoms with Crippen LogP contribution >= 0.6 is 0 Å². The van der Waals surface area contributed by atoms with Gasteiger partial charge in [0.1, 0.15) is 22.9 Å². The number of carbonyl (C=O) groups is 2. The number of rotatable bonds is 7. The maximum absolute atomic E-state index is 13.2. The van der Waals surface area contributed by atoms with Gasteiger partial charge in [0.15, 0.2) is 6.61 Å². The van der Waals surface area contributed by atoms with Gasteiger partial charge >= 0.3 is 5.97 Å². The molecular formula is C24H29FN2O5. The lowest BCUT2D eigenvalue weighted by molar-refractivity contribution is -0.139. The summed E-state index contributed by atoms with van der Waals surface area (Å²) in [5.74, 6) is -0.118. The Morgan fingerprint density at radius 3 is 2.41 bits per heavy atom. The number of hydrogen-bond donors (Lipinski definition) is 0. The van der Waals surface area contributed by atoms with E-state index in [1.54, 1.807) is 30.3 Å². The Labute approximate surface area is 187 Å². The van der Waals surface area contributed by atoms with Gasteiger partial charge < -0.3 is 19.1 Å². The predicted molar refractivity (Wildman–Crippen MR) is 117 cm³/mol. The highest BCUT2D eigenvalue weighted by Gasteiger charge is 2.32. The van der Waals surface area contributed by atoms with Crippen LogP contribution < -0.4 is 9.47 Å². The number of carbonyl (C=O) groups excluding carboxylic acids is 2. The molecule has 0 aromatic heterocycles. The molecule has 7 nitrogen and oxygen atoms in total. The van der Waals surface area contributed by atoms with E-state index in [0.717, 1.165) is 5.56 Å². The minimum Gasteiger partial charge on any atom is -0.496 e. The van der Waals surface area contributed by atoms with E-state index in [4.69, 9.17) is 14.2 Å². The SMILES string of the molecule is COC(=O)c1ccc(OCC(=O)N2C[C@H](C)N(Cc3ccc(F)cc3)C[C@H]2C)cc1OC. The zero-order valence-electron chi connectivity index (χ0n) is 18.8. The molecule has 172 valence electrons. The molecule has 0 N–H and O–H groups in total. The summed E-state index contributed by atoms with van der Waals surface area (Å²) in [4.78, 5) is 28.7. The number of esters is 1. The van der Waals surface area contributed by atoms with Crippen molar-refractivity contribution in [1.29, 1.82) is 0 Å². The summed E-state index contributed by atoms with van der Waals surface area (Å²) in [5, 5.41) is 0. The van der Waals surface area contributed by atoms with E-state index in [0.29, 0.717) is 31.1 Å². The van der Waals surface area contributed by atoms with Crippen LogP contribution in [0.15, 0.2) is 42.5 Å².